The van der Waals surface area contributed by atoms with E-state index in [0.717, 1.165) is 4.47 Å². The fourth-order valence-electron chi connectivity index (χ4n) is 1.60. The van der Waals surface area contributed by atoms with Gasteiger partial charge in [-0.2, -0.15) is 0 Å². The van der Waals surface area contributed by atoms with Gasteiger partial charge < -0.3 is 19.5 Å². The van der Waals surface area contributed by atoms with Crippen LogP contribution in [0.5, 0.6) is 5.75 Å². The summed E-state index contributed by atoms with van der Waals surface area (Å²) in [5.41, 5.74) is 6.70. The monoisotopic (exact) mass is 351 g/mol. The third kappa shape index (κ3) is 4.04. The van der Waals surface area contributed by atoms with Gasteiger partial charge in [0.15, 0.2) is 0 Å². The number of rotatable bonds is 7. The summed E-state index contributed by atoms with van der Waals surface area (Å²) in [6, 6.07) is 5.29. The molecule has 7 heteroatoms. The van der Waals surface area contributed by atoms with Crippen molar-refractivity contribution in [2.24, 2.45) is 5.73 Å². The maximum atomic E-state index is 12.6. The number of hydrogen-bond donors (Lipinski definition) is 1. The van der Waals surface area contributed by atoms with E-state index in [4.69, 9.17) is 19.5 Å². The van der Waals surface area contributed by atoms with Gasteiger partial charge in [-0.3, -0.25) is 4.57 Å². The van der Waals surface area contributed by atoms with Gasteiger partial charge in [-0.1, -0.05) is 15.9 Å². The summed E-state index contributed by atoms with van der Waals surface area (Å²) < 4.78 is 29.0. The van der Waals surface area contributed by atoms with Crippen LogP contribution in [0.15, 0.2) is 22.7 Å². The molecule has 108 valence electrons. The first-order valence-corrected chi connectivity index (χ1v) is 8.36. The normalized spacial score (nSPS) is 13.3. The highest BCUT2D eigenvalue weighted by atomic mass is 79.9. The first-order valence-electron chi connectivity index (χ1n) is 5.96. The molecule has 0 heterocycles. The first kappa shape index (κ1) is 16.7. The second kappa shape index (κ2) is 7.41. The van der Waals surface area contributed by atoms with Gasteiger partial charge in [0.1, 0.15) is 11.5 Å². The molecule has 0 saturated carbocycles. The average molecular weight is 352 g/mol. The van der Waals surface area contributed by atoms with Crippen molar-refractivity contribution < 1.29 is 18.3 Å². The van der Waals surface area contributed by atoms with Crippen LogP contribution in [0.1, 0.15) is 25.2 Å². The third-order valence-electron chi connectivity index (χ3n) is 2.48. The van der Waals surface area contributed by atoms with Crippen LogP contribution in [0.3, 0.4) is 0 Å². The molecule has 2 N–H and O–H groups in total. The van der Waals surface area contributed by atoms with Crippen LogP contribution in [-0.2, 0) is 13.6 Å². The van der Waals surface area contributed by atoms with Crippen molar-refractivity contribution in [2.75, 3.05) is 20.3 Å². The van der Waals surface area contributed by atoms with Crippen molar-refractivity contribution in [3.8, 4) is 5.75 Å². The fraction of sp³-hybridized carbons (Fsp3) is 0.500. The smallest absolute Gasteiger partial charge is 0.351 e. The Morgan fingerprint density at radius 1 is 1.32 bits per heavy atom. The summed E-state index contributed by atoms with van der Waals surface area (Å²) in [4.78, 5) is 0. The van der Waals surface area contributed by atoms with Crippen LogP contribution in [0.25, 0.3) is 0 Å². The summed E-state index contributed by atoms with van der Waals surface area (Å²) in [6.07, 6.45) is 0. The molecule has 0 fully saturated rings. The molecular weight excluding hydrogens is 333 g/mol. The third-order valence-corrected chi connectivity index (χ3v) is 5.40. The van der Waals surface area contributed by atoms with Gasteiger partial charge in [-0.25, -0.2) is 0 Å². The maximum Gasteiger partial charge on any atom is 0.351 e. The molecule has 0 spiro atoms. The minimum Gasteiger partial charge on any atom is -0.497 e. The molecule has 0 saturated heterocycles. The van der Waals surface area contributed by atoms with Crippen LogP contribution < -0.4 is 10.5 Å². The van der Waals surface area contributed by atoms with E-state index in [0.29, 0.717) is 11.3 Å². The predicted octanol–water partition coefficient (Wildman–Crippen LogP) is 3.68. The number of methoxy groups -OCH3 is 1. The standard InChI is InChI=1S/C12H19BrNO4P/c1-4-17-19(15,18-5-2)12(14)10-8-9(16-3)6-7-11(10)13/h6-8,12H,4-5,14H2,1-3H3/t12-/m1/s1. The van der Waals surface area contributed by atoms with Gasteiger partial charge in [-0.15, -0.1) is 0 Å². The zero-order chi connectivity index (χ0) is 14.5. The highest BCUT2D eigenvalue weighted by Gasteiger charge is 2.35. The Labute approximate surface area is 122 Å². The Balaban J connectivity index is 3.15. The topological polar surface area (TPSA) is 70.8 Å². The second-order valence-corrected chi connectivity index (χ2v) is 6.71. The lowest BCUT2D eigenvalue weighted by Crippen LogP contribution is -2.15. The molecule has 0 aromatic heterocycles. The SMILES string of the molecule is CCOP(=O)(OCC)[C@@H](N)c1cc(OC)ccc1Br. The van der Waals surface area contributed by atoms with Gasteiger partial charge in [0, 0.05) is 4.47 Å². The van der Waals surface area contributed by atoms with E-state index in [1.54, 1.807) is 39.2 Å². The summed E-state index contributed by atoms with van der Waals surface area (Å²) in [7, 11) is -1.84. The zero-order valence-electron chi connectivity index (χ0n) is 11.3. The number of hydrogen-bond acceptors (Lipinski definition) is 5. The van der Waals surface area contributed by atoms with Crippen molar-refractivity contribution in [2.45, 2.75) is 19.6 Å². The Hall–Kier alpha value is -0.390. The molecule has 0 amide bonds. The van der Waals surface area contributed by atoms with Crippen LogP contribution in [0.4, 0.5) is 0 Å². The van der Waals surface area contributed by atoms with E-state index in [1.165, 1.54) is 0 Å². The van der Waals surface area contributed by atoms with Crippen LogP contribution in [0, 0.1) is 0 Å². The minimum absolute atomic E-state index is 0.270. The molecule has 0 radical (unpaired) electrons. The number of nitrogens with two attached hydrogens (primary N) is 1. The number of benzene rings is 1. The Bertz CT molecular complexity index is 459. The van der Waals surface area contributed by atoms with Gasteiger partial charge in [0.2, 0.25) is 0 Å². The molecule has 19 heavy (non-hydrogen) atoms. The molecule has 0 aliphatic heterocycles. The Morgan fingerprint density at radius 2 is 1.89 bits per heavy atom. The lowest BCUT2D eigenvalue weighted by Gasteiger charge is -2.24. The molecule has 5 nitrogen and oxygen atoms in total. The van der Waals surface area contributed by atoms with E-state index in [9.17, 15) is 4.57 Å². The Kier molecular flexibility index (Phi) is 6.50. The van der Waals surface area contributed by atoms with E-state index < -0.39 is 13.4 Å². The molecule has 1 rings (SSSR count). The average Bonchev–Trinajstić information content (AvgIpc) is 2.39. The van der Waals surface area contributed by atoms with Gasteiger partial charge in [0.25, 0.3) is 0 Å². The maximum absolute atomic E-state index is 12.6. The summed E-state index contributed by atoms with van der Waals surface area (Å²) in [5, 5.41) is 0. The largest absolute Gasteiger partial charge is 0.497 e. The fourth-order valence-corrected chi connectivity index (χ4v) is 3.94. The van der Waals surface area contributed by atoms with Crippen molar-refractivity contribution in [1.82, 2.24) is 0 Å². The summed E-state index contributed by atoms with van der Waals surface area (Å²) >= 11 is 3.39. The van der Waals surface area contributed by atoms with E-state index >= 15 is 0 Å². The first-order chi connectivity index (χ1) is 8.98. The van der Waals surface area contributed by atoms with Crippen LogP contribution in [0.2, 0.25) is 0 Å². The van der Waals surface area contributed by atoms with Gasteiger partial charge in [0.05, 0.1) is 20.3 Å². The van der Waals surface area contributed by atoms with Gasteiger partial charge in [-0.05, 0) is 37.6 Å². The molecule has 1 aromatic rings. The zero-order valence-corrected chi connectivity index (χ0v) is 13.7. The molecule has 1 aromatic carbocycles. The predicted molar refractivity (Wildman–Crippen MR) is 78.5 cm³/mol. The number of ether oxygens (including phenoxy) is 1. The molecular formula is C12H19BrNO4P. The van der Waals surface area contributed by atoms with Crippen LogP contribution in [-0.4, -0.2) is 20.3 Å². The molecule has 0 bridgehead atoms. The van der Waals surface area contributed by atoms with Crippen molar-refractivity contribution in [3.63, 3.8) is 0 Å². The molecule has 0 unspecified atom stereocenters. The van der Waals surface area contributed by atoms with E-state index in [-0.39, 0.29) is 13.2 Å². The molecule has 0 aliphatic carbocycles. The quantitative estimate of drug-likeness (QED) is 0.758. The highest BCUT2D eigenvalue weighted by Crippen LogP contribution is 2.59. The minimum atomic E-state index is -3.40. The van der Waals surface area contributed by atoms with Crippen molar-refractivity contribution >= 4 is 23.5 Å². The van der Waals surface area contributed by atoms with Crippen molar-refractivity contribution in [3.05, 3.63) is 28.2 Å². The highest BCUT2D eigenvalue weighted by molar-refractivity contribution is 9.10. The van der Waals surface area contributed by atoms with E-state index in [2.05, 4.69) is 15.9 Å². The van der Waals surface area contributed by atoms with Gasteiger partial charge >= 0.3 is 7.60 Å². The molecule has 1 atom stereocenters. The van der Waals surface area contributed by atoms with Crippen molar-refractivity contribution in [1.29, 1.82) is 0 Å². The summed E-state index contributed by atoms with van der Waals surface area (Å²) in [6.45, 7) is 4.04. The van der Waals surface area contributed by atoms with Crippen LogP contribution >= 0.6 is 23.5 Å². The summed E-state index contributed by atoms with van der Waals surface area (Å²) in [5.74, 6) is -0.231. The number of halogens is 1. The lowest BCUT2D eigenvalue weighted by atomic mass is 10.2. The lowest BCUT2D eigenvalue weighted by molar-refractivity contribution is 0.212. The Morgan fingerprint density at radius 3 is 2.37 bits per heavy atom. The van der Waals surface area contributed by atoms with E-state index in [1.807, 2.05) is 0 Å². The second-order valence-electron chi connectivity index (χ2n) is 3.71. The molecule has 0 aliphatic rings.